The maximum Gasteiger partial charge on any atom is 0.367 e. The van der Waals surface area contributed by atoms with Gasteiger partial charge in [-0.3, -0.25) is 8.98 Å². The van der Waals surface area contributed by atoms with E-state index in [2.05, 4.69) is 4.74 Å². The predicted octanol–water partition coefficient (Wildman–Crippen LogP) is 0.256. The fraction of sp³-hybridized carbons (Fsp3) is 0.529. The first-order valence-corrected chi connectivity index (χ1v) is 11.9. The Morgan fingerprint density at radius 3 is 2.45 bits per heavy atom. The molecule has 170 valence electrons. The van der Waals surface area contributed by atoms with E-state index in [1.54, 1.807) is 18.2 Å². The molecule has 1 aromatic rings. The highest BCUT2D eigenvalue weighted by molar-refractivity contribution is 7.87. The lowest BCUT2D eigenvalue weighted by atomic mass is 9.84. The molecule has 2 bridgehead atoms. The molecule has 2 saturated carbocycles. The van der Waals surface area contributed by atoms with Crippen molar-refractivity contribution in [1.82, 2.24) is 0 Å². The zero-order chi connectivity index (χ0) is 22.8. The molecule has 0 aromatic heterocycles. The second kappa shape index (κ2) is 7.18. The fourth-order valence-corrected chi connectivity index (χ4v) is 6.80. The van der Waals surface area contributed by atoms with Crippen molar-refractivity contribution in [3.05, 3.63) is 35.9 Å². The van der Waals surface area contributed by atoms with Crippen LogP contribution in [0, 0.1) is 17.8 Å². The van der Waals surface area contributed by atoms with Crippen molar-refractivity contribution >= 4 is 32.2 Å². The zero-order valence-corrected chi connectivity index (χ0v) is 17.1. The second-order valence-corrected chi connectivity index (χ2v) is 10.8. The minimum absolute atomic E-state index is 0.0946. The quantitative estimate of drug-likeness (QED) is 0.314. The largest absolute Gasteiger partial charge is 0.743 e. The van der Waals surface area contributed by atoms with Crippen molar-refractivity contribution in [3.8, 4) is 0 Å². The second-order valence-electron chi connectivity index (χ2n) is 7.54. The third kappa shape index (κ3) is 3.60. The van der Waals surface area contributed by atoms with Gasteiger partial charge >= 0.3 is 17.2 Å². The molecule has 4 rings (SSSR count). The van der Waals surface area contributed by atoms with Crippen molar-refractivity contribution in [2.24, 2.45) is 17.8 Å². The molecule has 1 aromatic carbocycles. The highest BCUT2D eigenvalue weighted by Crippen LogP contribution is 2.58. The number of ether oxygens (including phenoxy) is 2. The van der Waals surface area contributed by atoms with E-state index in [4.69, 9.17) is 8.92 Å². The number of esters is 2. The molecule has 0 amide bonds. The first-order chi connectivity index (χ1) is 14.3. The van der Waals surface area contributed by atoms with Crippen molar-refractivity contribution in [1.29, 1.82) is 0 Å². The summed E-state index contributed by atoms with van der Waals surface area (Å²) in [4.78, 5) is 24.9. The van der Waals surface area contributed by atoms with E-state index in [0.717, 1.165) is 0 Å². The van der Waals surface area contributed by atoms with Crippen LogP contribution in [0.5, 0.6) is 0 Å². The molecule has 1 aliphatic heterocycles. The van der Waals surface area contributed by atoms with Crippen molar-refractivity contribution in [3.63, 3.8) is 0 Å². The Morgan fingerprint density at radius 1 is 1.19 bits per heavy atom. The summed E-state index contributed by atoms with van der Waals surface area (Å²) in [5.74, 6) is -5.39. The summed E-state index contributed by atoms with van der Waals surface area (Å²) < 4.78 is 98.0. The van der Waals surface area contributed by atoms with Gasteiger partial charge in [0.05, 0.1) is 11.5 Å². The Morgan fingerprint density at radius 2 is 1.84 bits per heavy atom. The maximum absolute atomic E-state index is 13.4. The van der Waals surface area contributed by atoms with E-state index in [0.29, 0.717) is 0 Å². The normalized spacial score (nSPS) is 33.3. The third-order valence-corrected chi connectivity index (χ3v) is 8.45. The SMILES string of the molecule is O=C(OC1C2CC3C1OS(=O)(=O)C3C2C(=O)OCC(F)(F)S(=O)(=O)[O-])c1ccccc1. The summed E-state index contributed by atoms with van der Waals surface area (Å²) in [5.41, 5.74) is 0.169. The van der Waals surface area contributed by atoms with Gasteiger partial charge in [0.15, 0.2) is 16.7 Å². The van der Waals surface area contributed by atoms with Gasteiger partial charge in [-0.05, 0) is 18.6 Å². The highest BCUT2D eigenvalue weighted by Gasteiger charge is 2.72. The van der Waals surface area contributed by atoms with Crippen molar-refractivity contribution < 1.29 is 53.4 Å². The van der Waals surface area contributed by atoms with Crippen LogP contribution >= 0.6 is 0 Å². The van der Waals surface area contributed by atoms with E-state index in [1.165, 1.54) is 12.1 Å². The minimum Gasteiger partial charge on any atom is -0.743 e. The number of benzene rings is 1. The van der Waals surface area contributed by atoms with Gasteiger partial charge in [-0.25, -0.2) is 13.2 Å². The number of halogens is 2. The van der Waals surface area contributed by atoms with Crippen LogP contribution in [-0.4, -0.2) is 62.6 Å². The van der Waals surface area contributed by atoms with Crippen LogP contribution < -0.4 is 0 Å². The lowest BCUT2D eigenvalue weighted by molar-refractivity contribution is -0.158. The molecule has 0 radical (unpaired) electrons. The molecule has 10 nitrogen and oxygen atoms in total. The van der Waals surface area contributed by atoms with E-state index in [1.807, 2.05) is 0 Å². The summed E-state index contributed by atoms with van der Waals surface area (Å²) in [6.45, 7) is -2.06. The van der Waals surface area contributed by atoms with Gasteiger partial charge in [-0.2, -0.15) is 17.2 Å². The monoisotopic (exact) mass is 481 g/mol. The average molecular weight is 481 g/mol. The van der Waals surface area contributed by atoms with Gasteiger partial charge in [0.1, 0.15) is 17.5 Å². The van der Waals surface area contributed by atoms with Crippen LogP contribution in [0.3, 0.4) is 0 Å². The molecule has 0 N–H and O–H groups in total. The molecular formula is C17H15F2O10S2-. The van der Waals surface area contributed by atoms with Crippen molar-refractivity contribution in [2.75, 3.05) is 6.61 Å². The molecule has 3 fully saturated rings. The average Bonchev–Trinajstić information content (AvgIpc) is 3.28. The Hall–Kier alpha value is -2.16. The van der Waals surface area contributed by atoms with Crippen molar-refractivity contribution in [2.45, 2.75) is 29.1 Å². The molecule has 1 heterocycles. The molecule has 14 heteroatoms. The van der Waals surface area contributed by atoms with Gasteiger partial charge < -0.3 is 14.0 Å². The Balaban J connectivity index is 1.56. The van der Waals surface area contributed by atoms with Gasteiger partial charge in [-0.15, -0.1) is 0 Å². The number of fused-ring (bicyclic) bond motifs is 1. The molecule has 6 atom stereocenters. The summed E-state index contributed by atoms with van der Waals surface area (Å²) in [7, 11) is -10.4. The maximum atomic E-state index is 13.4. The Labute approximate surface area is 175 Å². The topological polar surface area (TPSA) is 153 Å². The molecule has 6 unspecified atom stereocenters. The van der Waals surface area contributed by atoms with E-state index in [-0.39, 0.29) is 12.0 Å². The van der Waals surface area contributed by atoms with Crippen LogP contribution in [0.25, 0.3) is 0 Å². The zero-order valence-electron chi connectivity index (χ0n) is 15.4. The molecular weight excluding hydrogens is 466 g/mol. The van der Waals surface area contributed by atoms with Crippen LogP contribution in [0.15, 0.2) is 30.3 Å². The van der Waals surface area contributed by atoms with Crippen LogP contribution in [0.2, 0.25) is 0 Å². The number of hydrogen-bond acceptors (Lipinski definition) is 10. The first kappa shape index (κ1) is 22.0. The number of hydrogen-bond donors (Lipinski definition) is 0. The summed E-state index contributed by atoms with van der Waals surface area (Å²) in [6.07, 6.45) is -2.09. The number of carbonyl (C=O) groups excluding carboxylic acids is 2. The molecule has 0 spiro atoms. The smallest absolute Gasteiger partial charge is 0.367 e. The summed E-state index contributed by atoms with van der Waals surface area (Å²) in [5, 5.41) is -6.29. The van der Waals surface area contributed by atoms with Crippen LogP contribution in [-0.2, 0) is 38.7 Å². The van der Waals surface area contributed by atoms with Gasteiger partial charge in [-0.1, -0.05) is 18.2 Å². The van der Waals surface area contributed by atoms with Gasteiger partial charge in [0, 0.05) is 11.8 Å². The first-order valence-electron chi connectivity index (χ1n) is 9.01. The lowest BCUT2D eigenvalue weighted by Crippen LogP contribution is -2.47. The molecule has 1 saturated heterocycles. The van der Waals surface area contributed by atoms with E-state index >= 15 is 0 Å². The summed E-state index contributed by atoms with van der Waals surface area (Å²) in [6, 6.07) is 7.74. The standard InChI is InChI=1S/C17H16F2O10S2/c18-17(19,31(24,25)26)7-27-16(21)11-9-6-10-13(29-30(22,23)14(10)11)12(9)28-15(20)8-4-2-1-3-5-8/h1-5,9-14H,6-7H2,(H,24,25,26)/p-1. The Bertz CT molecular complexity index is 1120. The number of rotatable bonds is 6. The van der Waals surface area contributed by atoms with Gasteiger partial charge in [0.2, 0.25) is 0 Å². The number of carbonyl (C=O) groups is 2. The lowest BCUT2D eigenvalue weighted by Gasteiger charge is -2.30. The third-order valence-electron chi connectivity index (χ3n) is 5.80. The van der Waals surface area contributed by atoms with E-state index in [9.17, 15) is 39.8 Å². The van der Waals surface area contributed by atoms with Crippen LogP contribution in [0.4, 0.5) is 8.78 Å². The van der Waals surface area contributed by atoms with E-state index < -0.39 is 79.2 Å². The minimum atomic E-state index is -6.10. The fourth-order valence-electron chi connectivity index (χ4n) is 4.54. The summed E-state index contributed by atoms with van der Waals surface area (Å²) >= 11 is 0. The predicted molar refractivity (Wildman–Crippen MR) is 93.9 cm³/mol. The highest BCUT2D eigenvalue weighted by atomic mass is 32.2. The molecule has 2 aliphatic carbocycles. The molecule has 3 aliphatic rings. The van der Waals surface area contributed by atoms with Gasteiger partial charge in [0.25, 0.3) is 10.1 Å². The van der Waals surface area contributed by atoms with Crippen LogP contribution in [0.1, 0.15) is 16.8 Å². The number of alkyl halides is 2. The Kier molecular flexibility index (Phi) is 5.11. The molecule has 31 heavy (non-hydrogen) atoms.